The van der Waals surface area contributed by atoms with Crippen molar-refractivity contribution in [2.75, 3.05) is 0 Å². The summed E-state index contributed by atoms with van der Waals surface area (Å²) >= 11 is 1.63. The van der Waals surface area contributed by atoms with Crippen molar-refractivity contribution in [2.24, 2.45) is 0 Å². The van der Waals surface area contributed by atoms with Crippen LogP contribution in [-0.2, 0) is 17.9 Å². The van der Waals surface area contributed by atoms with Gasteiger partial charge in [0.15, 0.2) is 0 Å². The van der Waals surface area contributed by atoms with Crippen LogP contribution in [0.15, 0.2) is 41.8 Å². The summed E-state index contributed by atoms with van der Waals surface area (Å²) in [4.78, 5) is 29.0. The number of amides is 2. The molecule has 1 aliphatic heterocycles. The van der Waals surface area contributed by atoms with Gasteiger partial charge < -0.3 is 14.8 Å². The maximum Gasteiger partial charge on any atom is 0.271 e. The second kappa shape index (κ2) is 7.27. The number of carbonyl (C=O) groups is 2. The number of nitrogens with zero attached hydrogens (tertiary/aromatic N) is 2. The molecule has 1 fully saturated rings. The van der Waals surface area contributed by atoms with Crippen LogP contribution in [0.25, 0.3) is 10.2 Å². The van der Waals surface area contributed by atoms with Gasteiger partial charge in [-0.2, -0.15) is 0 Å². The number of rotatable bonds is 4. The quantitative estimate of drug-likeness (QED) is 0.675. The summed E-state index contributed by atoms with van der Waals surface area (Å²) in [6, 6.07) is 12.4. The second-order valence-corrected chi connectivity index (χ2v) is 9.84. The van der Waals surface area contributed by atoms with Gasteiger partial charge in [0.05, 0.1) is 16.8 Å². The lowest BCUT2D eigenvalue weighted by Gasteiger charge is -2.44. The molecule has 1 N–H and O–H groups in total. The van der Waals surface area contributed by atoms with Gasteiger partial charge in [0.1, 0.15) is 11.2 Å². The second-order valence-electron chi connectivity index (χ2n) is 8.89. The molecular weight excluding hydrogens is 394 g/mol. The number of fused-ring (bicyclic) bond motifs is 3. The molecule has 0 saturated heterocycles. The van der Waals surface area contributed by atoms with Crippen molar-refractivity contribution < 1.29 is 9.59 Å². The predicted molar refractivity (Wildman–Crippen MR) is 120 cm³/mol. The summed E-state index contributed by atoms with van der Waals surface area (Å²) in [5.41, 5.74) is 2.99. The van der Waals surface area contributed by atoms with E-state index in [4.69, 9.17) is 0 Å². The zero-order chi connectivity index (χ0) is 20.9. The van der Waals surface area contributed by atoms with Crippen LogP contribution < -0.4 is 5.32 Å². The Morgan fingerprint density at radius 3 is 2.67 bits per heavy atom. The van der Waals surface area contributed by atoms with Crippen LogP contribution in [0.3, 0.4) is 0 Å². The first-order valence-electron chi connectivity index (χ1n) is 10.7. The molecule has 1 aromatic carbocycles. The third kappa shape index (κ3) is 3.14. The Labute approximate surface area is 180 Å². The molecule has 3 heterocycles. The molecule has 1 saturated carbocycles. The Morgan fingerprint density at radius 2 is 1.93 bits per heavy atom. The van der Waals surface area contributed by atoms with Crippen molar-refractivity contribution in [3.8, 4) is 0 Å². The van der Waals surface area contributed by atoms with Gasteiger partial charge in [-0.3, -0.25) is 9.59 Å². The molecule has 0 radical (unpaired) electrons. The third-order valence-corrected chi connectivity index (χ3v) is 7.54. The minimum atomic E-state index is -0.939. The fourth-order valence-electron chi connectivity index (χ4n) is 4.81. The highest BCUT2D eigenvalue weighted by molar-refractivity contribution is 7.17. The molecule has 2 aliphatic rings. The highest BCUT2D eigenvalue weighted by atomic mass is 32.1. The molecule has 6 heteroatoms. The Bertz CT molecular complexity index is 1110. The first kappa shape index (κ1) is 19.4. The number of hydrogen-bond acceptors (Lipinski definition) is 3. The molecule has 156 valence electrons. The molecule has 0 bridgehead atoms. The van der Waals surface area contributed by atoms with Crippen LogP contribution in [-0.4, -0.2) is 32.9 Å². The lowest BCUT2D eigenvalue weighted by atomic mass is 9.93. The third-order valence-electron chi connectivity index (χ3n) is 6.69. The fraction of sp³-hybridized carbons (Fsp3) is 0.417. The Hall–Kier alpha value is -2.60. The Kier molecular flexibility index (Phi) is 4.69. The SMILES string of the molecule is Cc1ccc(CN2C(=O)c3cc4sccc4n3C[C@]2(C)C(=O)NC2CCCC2)cc1. The molecular formula is C24H27N3O2S. The standard InChI is InChI=1S/C24H27N3O2S/c1-16-7-9-17(10-8-16)14-27-22(28)20-13-21-19(11-12-30-21)26(20)15-24(27,2)23(29)25-18-5-3-4-6-18/h7-13,18H,3-6,14-15H2,1-2H3,(H,25,29)/t24-/m1/s1. The van der Waals surface area contributed by atoms with Crippen LogP contribution >= 0.6 is 11.3 Å². The number of aryl methyl sites for hydroxylation is 1. The van der Waals surface area contributed by atoms with Gasteiger partial charge in [-0.25, -0.2) is 0 Å². The van der Waals surface area contributed by atoms with Crippen molar-refractivity contribution in [3.63, 3.8) is 0 Å². The van der Waals surface area contributed by atoms with E-state index in [0.717, 1.165) is 41.5 Å². The molecule has 1 atom stereocenters. The summed E-state index contributed by atoms with van der Waals surface area (Å²) in [5, 5.41) is 5.29. The summed E-state index contributed by atoms with van der Waals surface area (Å²) in [6.45, 7) is 4.87. The van der Waals surface area contributed by atoms with Gasteiger partial charge in [-0.05, 0) is 49.8 Å². The average molecular weight is 422 g/mol. The van der Waals surface area contributed by atoms with Gasteiger partial charge in [-0.15, -0.1) is 11.3 Å². The Balaban J connectivity index is 1.54. The lowest BCUT2D eigenvalue weighted by Crippen LogP contribution is -2.64. The number of aromatic nitrogens is 1. The predicted octanol–water partition coefficient (Wildman–Crippen LogP) is 4.48. The van der Waals surface area contributed by atoms with Gasteiger partial charge >= 0.3 is 0 Å². The normalized spacial score (nSPS) is 21.9. The molecule has 2 aromatic heterocycles. The zero-order valence-corrected chi connectivity index (χ0v) is 18.3. The van der Waals surface area contributed by atoms with Crippen molar-refractivity contribution in [3.05, 3.63) is 58.6 Å². The van der Waals surface area contributed by atoms with Crippen LogP contribution in [0.5, 0.6) is 0 Å². The summed E-state index contributed by atoms with van der Waals surface area (Å²) in [5.74, 6) is -0.119. The van der Waals surface area contributed by atoms with Crippen molar-refractivity contribution >= 4 is 33.4 Å². The van der Waals surface area contributed by atoms with Gasteiger partial charge in [0, 0.05) is 12.6 Å². The number of thiophene rings is 1. The van der Waals surface area contributed by atoms with Crippen LogP contribution in [0.4, 0.5) is 0 Å². The van der Waals surface area contributed by atoms with E-state index >= 15 is 0 Å². The van der Waals surface area contributed by atoms with Crippen LogP contribution in [0, 0.1) is 6.92 Å². The Morgan fingerprint density at radius 1 is 1.20 bits per heavy atom. The fourth-order valence-corrected chi connectivity index (χ4v) is 5.63. The van der Waals surface area contributed by atoms with E-state index in [9.17, 15) is 9.59 Å². The van der Waals surface area contributed by atoms with E-state index < -0.39 is 5.54 Å². The van der Waals surface area contributed by atoms with E-state index in [1.807, 2.05) is 41.1 Å². The number of benzene rings is 1. The van der Waals surface area contributed by atoms with Crippen molar-refractivity contribution in [2.45, 2.75) is 64.2 Å². The number of hydrogen-bond donors (Lipinski definition) is 1. The van der Waals surface area contributed by atoms with E-state index in [0.29, 0.717) is 18.8 Å². The lowest BCUT2D eigenvalue weighted by molar-refractivity contribution is -0.133. The van der Waals surface area contributed by atoms with Crippen molar-refractivity contribution in [1.29, 1.82) is 0 Å². The maximum atomic E-state index is 13.6. The highest BCUT2D eigenvalue weighted by Crippen LogP contribution is 2.35. The van der Waals surface area contributed by atoms with E-state index in [-0.39, 0.29) is 17.9 Å². The van der Waals surface area contributed by atoms with E-state index in [2.05, 4.69) is 24.4 Å². The summed E-state index contributed by atoms with van der Waals surface area (Å²) in [6.07, 6.45) is 4.37. The first-order chi connectivity index (χ1) is 14.5. The van der Waals surface area contributed by atoms with Gasteiger partial charge in [0.25, 0.3) is 5.91 Å². The van der Waals surface area contributed by atoms with Crippen LogP contribution in [0.1, 0.15) is 54.2 Å². The molecule has 0 unspecified atom stereocenters. The first-order valence-corrected chi connectivity index (χ1v) is 11.6. The highest BCUT2D eigenvalue weighted by Gasteiger charge is 2.48. The monoisotopic (exact) mass is 421 g/mol. The number of nitrogens with one attached hydrogen (secondary N) is 1. The minimum Gasteiger partial charge on any atom is -0.351 e. The molecule has 1 aliphatic carbocycles. The molecule has 3 aromatic rings. The number of carbonyl (C=O) groups excluding carboxylic acids is 2. The largest absolute Gasteiger partial charge is 0.351 e. The summed E-state index contributed by atoms with van der Waals surface area (Å²) < 4.78 is 3.13. The smallest absolute Gasteiger partial charge is 0.271 e. The maximum absolute atomic E-state index is 13.6. The summed E-state index contributed by atoms with van der Waals surface area (Å²) in [7, 11) is 0. The molecule has 0 spiro atoms. The van der Waals surface area contributed by atoms with Crippen molar-refractivity contribution in [1.82, 2.24) is 14.8 Å². The molecule has 2 amide bonds. The molecule has 5 nitrogen and oxygen atoms in total. The van der Waals surface area contributed by atoms with E-state index in [1.54, 1.807) is 16.2 Å². The van der Waals surface area contributed by atoms with Crippen LogP contribution in [0.2, 0.25) is 0 Å². The minimum absolute atomic E-state index is 0.0439. The zero-order valence-electron chi connectivity index (χ0n) is 17.5. The molecule has 30 heavy (non-hydrogen) atoms. The van der Waals surface area contributed by atoms with E-state index in [1.165, 1.54) is 5.56 Å². The molecule has 5 rings (SSSR count). The average Bonchev–Trinajstić information content (AvgIpc) is 3.45. The van der Waals surface area contributed by atoms with Gasteiger partial charge in [-0.1, -0.05) is 42.7 Å². The topological polar surface area (TPSA) is 54.3 Å². The van der Waals surface area contributed by atoms with Gasteiger partial charge in [0.2, 0.25) is 5.91 Å².